The summed E-state index contributed by atoms with van der Waals surface area (Å²) in [5.41, 5.74) is 1.34. The number of ether oxygens (including phenoxy) is 1. The molecule has 1 saturated carbocycles. The summed E-state index contributed by atoms with van der Waals surface area (Å²) >= 11 is 0. The number of rotatable bonds is 5. The summed E-state index contributed by atoms with van der Waals surface area (Å²) in [6, 6.07) is 10.7. The van der Waals surface area contributed by atoms with Crippen LogP contribution in [0.1, 0.15) is 25.8 Å². The van der Waals surface area contributed by atoms with Gasteiger partial charge in [-0.3, -0.25) is 0 Å². The normalized spacial score (nSPS) is 30.7. The van der Waals surface area contributed by atoms with Gasteiger partial charge in [-0.15, -0.1) is 0 Å². The van der Waals surface area contributed by atoms with E-state index in [4.69, 9.17) is 9.16 Å². The van der Waals surface area contributed by atoms with Gasteiger partial charge >= 0.3 is 0 Å². The lowest BCUT2D eigenvalue weighted by molar-refractivity contribution is -0.110. The summed E-state index contributed by atoms with van der Waals surface area (Å²) in [6.07, 6.45) is 0.961. The van der Waals surface area contributed by atoms with E-state index in [1.165, 1.54) is 5.56 Å². The van der Waals surface area contributed by atoms with Crippen LogP contribution in [0.25, 0.3) is 0 Å². The summed E-state index contributed by atoms with van der Waals surface area (Å²) in [6.45, 7) is 11.2. The summed E-state index contributed by atoms with van der Waals surface area (Å²) in [4.78, 5) is 0. The Labute approximate surface area is 118 Å². The fourth-order valence-electron chi connectivity index (χ4n) is 3.28. The smallest absolute Gasteiger partial charge is 0.187 e. The number of methoxy groups -OCH3 is 1. The average molecular weight is 278 g/mol. The molecule has 0 radical (unpaired) electrons. The minimum Gasteiger partial charge on any atom is -0.390 e. The maximum atomic E-state index is 6.43. The van der Waals surface area contributed by atoms with Crippen LogP contribution in [0.4, 0.5) is 0 Å². The minimum atomic E-state index is -1.64. The van der Waals surface area contributed by atoms with Gasteiger partial charge in [-0.25, -0.2) is 0 Å². The van der Waals surface area contributed by atoms with Gasteiger partial charge in [0, 0.05) is 13.5 Å². The first-order chi connectivity index (χ1) is 8.77. The molecule has 2 rings (SSSR count). The van der Waals surface area contributed by atoms with Crippen LogP contribution in [-0.4, -0.2) is 21.2 Å². The fraction of sp³-hybridized carbons (Fsp3) is 0.625. The van der Waals surface area contributed by atoms with Crippen LogP contribution in [0, 0.1) is 5.92 Å². The van der Waals surface area contributed by atoms with Crippen molar-refractivity contribution in [3.05, 3.63) is 35.9 Å². The molecule has 106 valence electrons. The average Bonchev–Trinajstić information content (AvgIpc) is 2.99. The van der Waals surface area contributed by atoms with Gasteiger partial charge in [0.05, 0.1) is 5.41 Å². The van der Waals surface area contributed by atoms with Gasteiger partial charge in [-0.05, 0) is 31.1 Å². The van der Waals surface area contributed by atoms with Crippen molar-refractivity contribution in [1.82, 2.24) is 0 Å². The van der Waals surface area contributed by atoms with Crippen molar-refractivity contribution >= 4 is 8.32 Å². The van der Waals surface area contributed by atoms with E-state index in [-0.39, 0.29) is 5.41 Å². The van der Waals surface area contributed by atoms with Crippen LogP contribution >= 0.6 is 0 Å². The lowest BCUT2D eigenvalue weighted by Gasteiger charge is -2.33. The molecule has 0 saturated heterocycles. The molecule has 0 bridgehead atoms. The molecule has 2 atom stereocenters. The third kappa shape index (κ3) is 2.39. The third-order valence-corrected chi connectivity index (χ3v) is 5.08. The predicted molar refractivity (Wildman–Crippen MR) is 81.7 cm³/mol. The van der Waals surface area contributed by atoms with Crippen molar-refractivity contribution in [3.63, 3.8) is 0 Å². The molecule has 1 aliphatic rings. The molecule has 19 heavy (non-hydrogen) atoms. The molecular formula is C16H26O2Si. The summed E-state index contributed by atoms with van der Waals surface area (Å²) in [7, 11) is 0.141. The standard InChI is InChI=1S/C16H26O2Si/c1-13(2)15(14-10-8-7-9-11-14)12-16(15,17-3)18-19(4,5)6/h7-11,13H,12H2,1-6H3/t15-,16+/m1/s1. The first-order valence-electron chi connectivity index (χ1n) is 7.08. The van der Waals surface area contributed by atoms with Crippen molar-refractivity contribution in [2.45, 2.75) is 51.1 Å². The van der Waals surface area contributed by atoms with Gasteiger partial charge in [0.1, 0.15) is 0 Å². The van der Waals surface area contributed by atoms with Gasteiger partial charge in [0.2, 0.25) is 0 Å². The maximum absolute atomic E-state index is 6.43. The molecule has 1 aromatic rings. The molecule has 1 fully saturated rings. The van der Waals surface area contributed by atoms with Gasteiger partial charge in [-0.1, -0.05) is 44.2 Å². The summed E-state index contributed by atoms with van der Waals surface area (Å²) < 4.78 is 12.3. The lowest BCUT2D eigenvalue weighted by atomic mass is 9.84. The topological polar surface area (TPSA) is 18.5 Å². The molecule has 0 heterocycles. The van der Waals surface area contributed by atoms with Crippen molar-refractivity contribution in [3.8, 4) is 0 Å². The van der Waals surface area contributed by atoms with Crippen LogP contribution in [0.3, 0.4) is 0 Å². The minimum absolute atomic E-state index is 0.00326. The Morgan fingerprint density at radius 3 is 2.11 bits per heavy atom. The number of benzene rings is 1. The Morgan fingerprint density at radius 2 is 1.68 bits per heavy atom. The van der Waals surface area contributed by atoms with Gasteiger partial charge in [0.15, 0.2) is 14.1 Å². The molecule has 0 amide bonds. The maximum Gasteiger partial charge on any atom is 0.187 e. The second-order valence-electron chi connectivity index (χ2n) is 6.84. The van der Waals surface area contributed by atoms with E-state index >= 15 is 0 Å². The SMILES string of the molecule is CO[C@]1(O[Si](C)(C)C)C[C@]1(c1ccccc1)C(C)C. The molecule has 0 aromatic heterocycles. The van der Waals surface area contributed by atoms with Crippen molar-refractivity contribution in [1.29, 1.82) is 0 Å². The van der Waals surface area contributed by atoms with Crippen LogP contribution in [0.15, 0.2) is 30.3 Å². The first kappa shape index (κ1) is 14.8. The van der Waals surface area contributed by atoms with Crippen molar-refractivity contribution < 1.29 is 9.16 Å². The van der Waals surface area contributed by atoms with E-state index in [1.807, 2.05) is 0 Å². The Balaban J connectivity index is 2.40. The van der Waals surface area contributed by atoms with Crippen LogP contribution < -0.4 is 0 Å². The van der Waals surface area contributed by atoms with Crippen molar-refractivity contribution in [2.75, 3.05) is 7.11 Å². The molecule has 1 aromatic carbocycles. The van der Waals surface area contributed by atoms with Gasteiger partial charge < -0.3 is 9.16 Å². The van der Waals surface area contributed by atoms with Crippen LogP contribution in [0.2, 0.25) is 19.6 Å². The highest BCUT2D eigenvalue weighted by Crippen LogP contribution is 2.65. The lowest BCUT2D eigenvalue weighted by Crippen LogP contribution is -2.41. The first-order valence-corrected chi connectivity index (χ1v) is 10.5. The Morgan fingerprint density at radius 1 is 1.11 bits per heavy atom. The second kappa shape index (κ2) is 4.72. The van der Waals surface area contributed by atoms with E-state index < -0.39 is 14.1 Å². The monoisotopic (exact) mass is 278 g/mol. The Bertz CT molecular complexity index is 438. The highest BCUT2D eigenvalue weighted by Gasteiger charge is 2.72. The highest BCUT2D eigenvalue weighted by molar-refractivity contribution is 6.69. The highest BCUT2D eigenvalue weighted by atomic mass is 28.4. The van der Waals surface area contributed by atoms with E-state index in [2.05, 4.69) is 63.8 Å². The molecule has 0 unspecified atom stereocenters. The zero-order valence-electron chi connectivity index (χ0n) is 13.0. The predicted octanol–water partition coefficient (Wildman–Crippen LogP) is 4.18. The number of hydrogen-bond acceptors (Lipinski definition) is 2. The number of hydrogen-bond donors (Lipinski definition) is 0. The quantitative estimate of drug-likeness (QED) is 0.594. The van der Waals surface area contributed by atoms with E-state index in [0.717, 1.165) is 6.42 Å². The van der Waals surface area contributed by atoms with E-state index in [0.29, 0.717) is 5.92 Å². The van der Waals surface area contributed by atoms with E-state index in [9.17, 15) is 0 Å². The fourth-order valence-corrected chi connectivity index (χ4v) is 4.60. The Kier molecular flexibility index (Phi) is 3.67. The molecule has 1 aliphatic carbocycles. The largest absolute Gasteiger partial charge is 0.390 e. The summed E-state index contributed by atoms with van der Waals surface area (Å²) in [5.74, 6) is 0.0682. The molecule has 0 spiro atoms. The molecule has 2 nitrogen and oxygen atoms in total. The van der Waals surface area contributed by atoms with Crippen molar-refractivity contribution in [2.24, 2.45) is 5.92 Å². The van der Waals surface area contributed by atoms with Gasteiger partial charge in [0.25, 0.3) is 0 Å². The summed E-state index contributed by atoms with van der Waals surface area (Å²) in [5, 5.41) is 0. The molecule has 0 aliphatic heterocycles. The zero-order chi connectivity index (χ0) is 14.3. The third-order valence-electron chi connectivity index (χ3n) is 4.14. The zero-order valence-corrected chi connectivity index (χ0v) is 14.0. The van der Waals surface area contributed by atoms with Gasteiger partial charge in [-0.2, -0.15) is 0 Å². The second-order valence-corrected chi connectivity index (χ2v) is 11.3. The molecule has 0 N–H and O–H groups in total. The Hall–Kier alpha value is -0.643. The molecular weight excluding hydrogens is 252 g/mol. The van der Waals surface area contributed by atoms with E-state index in [1.54, 1.807) is 7.11 Å². The van der Waals surface area contributed by atoms with Crippen LogP contribution in [0.5, 0.6) is 0 Å². The molecule has 3 heteroatoms. The van der Waals surface area contributed by atoms with Crippen LogP contribution in [-0.2, 0) is 14.6 Å².